The fourth-order valence-electron chi connectivity index (χ4n) is 2.70. The molecule has 104 valence electrons. The largest absolute Gasteiger partial charge is 0.356 e. The predicted molar refractivity (Wildman–Crippen MR) is 68.7 cm³/mol. The van der Waals surface area contributed by atoms with E-state index in [9.17, 15) is 13.6 Å². The molecule has 19 heavy (non-hydrogen) atoms. The summed E-state index contributed by atoms with van der Waals surface area (Å²) >= 11 is 0. The van der Waals surface area contributed by atoms with Crippen LogP contribution in [0.25, 0.3) is 0 Å². The molecule has 0 spiro atoms. The van der Waals surface area contributed by atoms with E-state index in [1.165, 1.54) is 12.1 Å². The average molecular weight is 268 g/mol. The summed E-state index contributed by atoms with van der Waals surface area (Å²) in [4.78, 5) is 11.5. The number of halogens is 2. The van der Waals surface area contributed by atoms with Crippen molar-refractivity contribution in [2.45, 2.75) is 38.1 Å². The summed E-state index contributed by atoms with van der Waals surface area (Å²) in [5, 5.41) is 2.69. The number of benzene rings is 1. The fourth-order valence-corrected chi connectivity index (χ4v) is 2.70. The number of fused-ring (bicyclic) bond motifs is 1. The smallest absolute Gasteiger partial charge is 0.221 e. The van der Waals surface area contributed by atoms with Crippen LogP contribution in [0.4, 0.5) is 8.78 Å². The molecule has 0 fully saturated rings. The maximum Gasteiger partial charge on any atom is 0.221 e. The second-order valence-electron chi connectivity index (χ2n) is 4.93. The first-order valence-electron chi connectivity index (χ1n) is 6.53. The van der Waals surface area contributed by atoms with E-state index in [-0.39, 0.29) is 24.3 Å². The molecule has 1 aromatic carbocycles. The van der Waals surface area contributed by atoms with Gasteiger partial charge in [-0.15, -0.1) is 0 Å². The number of carbonyl (C=O) groups excluding carboxylic acids is 1. The Kier molecular flexibility index (Phi) is 4.14. The number of hydrogen-bond acceptors (Lipinski definition) is 2. The molecule has 1 amide bonds. The summed E-state index contributed by atoms with van der Waals surface area (Å²) in [6.45, 7) is 2.40. The van der Waals surface area contributed by atoms with Crippen molar-refractivity contribution in [1.82, 2.24) is 5.32 Å². The first-order valence-corrected chi connectivity index (χ1v) is 6.53. The van der Waals surface area contributed by atoms with Crippen LogP contribution in [0.3, 0.4) is 0 Å². The molecule has 0 aliphatic heterocycles. The van der Waals surface area contributed by atoms with Crippen LogP contribution in [0.5, 0.6) is 0 Å². The molecular formula is C14H18F2N2O. The quantitative estimate of drug-likeness (QED) is 0.875. The lowest BCUT2D eigenvalue weighted by Crippen LogP contribution is -2.35. The molecule has 2 rings (SSSR count). The van der Waals surface area contributed by atoms with Gasteiger partial charge in [-0.25, -0.2) is 8.78 Å². The molecule has 2 atom stereocenters. The summed E-state index contributed by atoms with van der Waals surface area (Å²) in [5.74, 6) is -1.86. The van der Waals surface area contributed by atoms with Gasteiger partial charge in [-0.2, -0.15) is 0 Å². The first-order chi connectivity index (χ1) is 9.02. The number of aryl methyl sites for hydroxylation is 1. The highest BCUT2D eigenvalue weighted by atomic mass is 19.2. The molecule has 1 aromatic rings. The molecule has 3 nitrogen and oxygen atoms in total. The zero-order chi connectivity index (χ0) is 14.0. The van der Waals surface area contributed by atoms with Gasteiger partial charge < -0.3 is 11.1 Å². The first kappa shape index (κ1) is 13.9. The van der Waals surface area contributed by atoms with Crippen molar-refractivity contribution in [1.29, 1.82) is 0 Å². The summed E-state index contributed by atoms with van der Waals surface area (Å²) in [7, 11) is 0. The molecule has 2 unspecified atom stereocenters. The van der Waals surface area contributed by atoms with E-state index in [1.807, 2.05) is 6.92 Å². The van der Waals surface area contributed by atoms with Gasteiger partial charge in [0.1, 0.15) is 0 Å². The molecule has 0 radical (unpaired) electrons. The van der Waals surface area contributed by atoms with Crippen molar-refractivity contribution in [3.8, 4) is 0 Å². The summed E-state index contributed by atoms with van der Waals surface area (Å²) in [5.41, 5.74) is 7.58. The Morgan fingerprint density at radius 3 is 2.84 bits per heavy atom. The van der Waals surface area contributed by atoms with Crippen LogP contribution in [0, 0.1) is 11.6 Å². The standard InChI is InChI=1S/C14H18F2N2O/c1-2-18-14(19)7-13(17)9-4-3-8-5-11(15)12(16)6-10(8)9/h5-6,9,13H,2-4,7,17H2,1H3,(H,18,19). The van der Waals surface area contributed by atoms with Crippen molar-refractivity contribution < 1.29 is 13.6 Å². The highest BCUT2D eigenvalue weighted by Gasteiger charge is 2.30. The molecule has 1 aliphatic rings. The molecule has 0 aromatic heterocycles. The number of nitrogens with two attached hydrogens (primary N) is 1. The third kappa shape index (κ3) is 2.92. The van der Waals surface area contributed by atoms with Crippen molar-refractivity contribution in [2.75, 3.05) is 6.54 Å². The van der Waals surface area contributed by atoms with Gasteiger partial charge in [0.25, 0.3) is 0 Å². The van der Waals surface area contributed by atoms with Crippen LogP contribution < -0.4 is 11.1 Å². The second kappa shape index (κ2) is 5.65. The highest BCUT2D eigenvalue weighted by molar-refractivity contribution is 5.76. The van der Waals surface area contributed by atoms with Gasteiger partial charge in [0.05, 0.1) is 0 Å². The van der Waals surface area contributed by atoms with E-state index in [2.05, 4.69) is 5.32 Å². The van der Waals surface area contributed by atoms with Crippen LogP contribution in [-0.2, 0) is 11.2 Å². The van der Waals surface area contributed by atoms with Gasteiger partial charge in [-0.1, -0.05) is 0 Å². The minimum absolute atomic E-state index is 0.0762. The van der Waals surface area contributed by atoms with Gasteiger partial charge in [0.2, 0.25) is 5.91 Å². The van der Waals surface area contributed by atoms with Gasteiger partial charge in [0.15, 0.2) is 11.6 Å². The van der Waals surface area contributed by atoms with E-state index in [4.69, 9.17) is 5.73 Å². The summed E-state index contributed by atoms with van der Waals surface area (Å²) in [6, 6.07) is 2.10. The number of carbonyl (C=O) groups is 1. The van der Waals surface area contributed by atoms with Crippen molar-refractivity contribution in [2.24, 2.45) is 5.73 Å². The minimum Gasteiger partial charge on any atom is -0.356 e. The van der Waals surface area contributed by atoms with Gasteiger partial charge in [-0.3, -0.25) is 4.79 Å². The second-order valence-corrected chi connectivity index (χ2v) is 4.93. The third-order valence-corrected chi connectivity index (χ3v) is 3.62. The molecule has 5 heteroatoms. The zero-order valence-corrected chi connectivity index (χ0v) is 10.9. The lowest BCUT2D eigenvalue weighted by atomic mass is 9.91. The van der Waals surface area contributed by atoms with E-state index in [0.717, 1.165) is 17.5 Å². The zero-order valence-electron chi connectivity index (χ0n) is 10.9. The monoisotopic (exact) mass is 268 g/mol. The summed E-state index contributed by atoms with van der Waals surface area (Å²) in [6.07, 6.45) is 1.62. The number of nitrogens with one attached hydrogen (secondary N) is 1. The Balaban J connectivity index is 2.13. The van der Waals surface area contributed by atoms with Crippen LogP contribution in [0.15, 0.2) is 12.1 Å². The molecule has 0 bridgehead atoms. The third-order valence-electron chi connectivity index (χ3n) is 3.62. The van der Waals surface area contributed by atoms with E-state index in [1.54, 1.807) is 0 Å². The number of amides is 1. The SMILES string of the molecule is CCNC(=O)CC(N)C1CCc2cc(F)c(F)cc21. The number of rotatable bonds is 4. The molecular weight excluding hydrogens is 250 g/mol. The molecule has 1 aliphatic carbocycles. The van der Waals surface area contributed by atoms with Gasteiger partial charge in [-0.05, 0) is 43.0 Å². The Morgan fingerprint density at radius 2 is 2.16 bits per heavy atom. The Hall–Kier alpha value is -1.49. The molecule has 3 N–H and O–H groups in total. The lowest BCUT2D eigenvalue weighted by Gasteiger charge is -2.20. The van der Waals surface area contributed by atoms with Crippen molar-refractivity contribution >= 4 is 5.91 Å². The highest BCUT2D eigenvalue weighted by Crippen LogP contribution is 2.36. The lowest BCUT2D eigenvalue weighted by molar-refractivity contribution is -0.121. The molecule has 0 heterocycles. The Labute approximate surface area is 111 Å². The van der Waals surface area contributed by atoms with E-state index >= 15 is 0 Å². The van der Waals surface area contributed by atoms with Crippen LogP contribution >= 0.6 is 0 Å². The Bertz CT molecular complexity index is 491. The van der Waals surface area contributed by atoms with Crippen molar-refractivity contribution in [3.63, 3.8) is 0 Å². The van der Waals surface area contributed by atoms with Crippen LogP contribution in [-0.4, -0.2) is 18.5 Å². The van der Waals surface area contributed by atoms with E-state index in [0.29, 0.717) is 13.0 Å². The normalized spacial score (nSPS) is 19.1. The predicted octanol–water partition coefficient (Wildman–Crippen LogP) is 1.85. The van der Waals surface area contributed by atoms with Gasteiger partial charge in [0, 0.05) is 24.9 Å². The maximum atomic E-state index is 13.3. The molecule has 0 saturated carbocycles. The van der Waals surface area contributed by atoms with Crippen LogP contribution in [0.1, 0.15) is 36.8 Å². The maximum absolute atomic E-state index is 13.3. The fraction of sp³-hybridized carbons (Fsp3) is 0.500. The van der Waals surface area contributed by atoms with Crippen molar-refractivity contribution in [3.05, 3.63) is 34.9 Å². The van der Waals surface area contributed by atoms with E-state index < -0.39 is 11.6 Å². The summed E-state index contributed by atoms with van der Waals surface area (Å²) < 4.78 is 26.4. The van der Waals surface area contributed by atoms with Crippen LogP contribution in [0.2, 0.25) is 0 Å². The minimum atomic E-state index is -0.851. The Morgan fingerprint density at radius 1 is 1.47 bits per heavy atom. The average Bonchev–Trinajstić information content (AvgIpc) is 2.73. The topological polar surface area (TPSA) is 55.1 Å². The van der Waals surface area contributed by atoms with Gasteiger partial charge >= 0.3 is 0 Å². The molecule has 0 saturated heterocycles. The number of hydrogen-bond donors (Lipinski definition) is 2.